The second-order valence-electron chi connectivity index (χ2n) is 6.61. The van der Waals surface area contributed by atoms with Gasteiger partial charge in [0, 0.05) is 22.0 Å². The van der Waals surface area contributed by atoms with Crippen LogP contribution in [0.15, 0.2) is 42.5 Å². The summed E-state index contributed by atoms with van der Waals surface area (Å²) < 4.78 is 5.46. The number of aliphatic hydroxyl groups is 1. The average Bonchev–Trinajstić information content (AvgIpc) is 2.53. The first-order chi connectivity index (χ1) is 12.1. The van der Waals surface area contributed by atoms with Crippen molar-refractivity contribution in [1.82, 2.24) is 0 Å². The van der Waals surface area contributed by atoms with E-state index >= 15 is 0 Å². The van der Waals surface area contributed by atoms with Gasteiger partial charge < -0.3 is 14.9 Å². The molecule has 0 bridgehead atoms. The molecule has 4 nitrogen and oxygen atoms in total. The van der Waals surface area contributed by atoms with E-state index in [0.717, 1.165) is 5.56 Å². The molecule has 0 spiro atoms. The van der Waals surface area contributed by atoms with E-state index in [-0.39, 0.29) is 12.5 Å². The monoisotopic (exact) mass is 396 g/mol. The fourth-order valence-electron chi connectivity index (χ4n) is 2.78. The van der Waals surface area contributed by atoms with Gasteiger partial charge >= 0.3 is 5.97 Å². The second-order valence-corrected chi connectivity index (χ2v) is 7.46. The highest BCUT2D eigenvalue weighted by molar-refractivity contribution is 6.35. The molecule has 0 fully saturated rings. The Kier molecular flexibility index (Phi) is 6.69. The van der Waals surface area contributed by atoms with E-state index in [1.54, 1.807) is 57.2 Å². The van der Waals surface area contributed by atoms with Crippen molar-refractivity contribution in [1.29, 1.82) is 0 Å². The molecule has 0 radical (unpaired) electrons. The van der Waals surface area contributed by atoms with Gasteiger partial charge in [-0.2, -0.15) is 0 Å². The van der Waals surface area contributed by atoms with Crippen LogP contribution in [0.25, 0.3) is 0 Å². The molecule has 0 saturated carbocycles. The van der Waals surface area contributed by atoms with E-state index in [4.69, 9.17) is 27.9 Å². The first kappa shape index (κ1) is 20.7. The Balaban J connectivity index is 2.34. The van der Waals surface area contributed by atoms with Crippen LogP contribution in [0.5, 0.6) is 0 Å². The lowest BCUT2D eigenvalue weighted by Gasteiger charge is -2.26. The number of carboxylic acid groups (broad SMARTS) is 1. The molecule has 0 heterocycles. The van der Waals surface area contributed by atoms with E-state index in [0.29, 0.717) is 21.2 Å². The molecule has 2 aromatic rings. The number of halogens is 2. The van der Waals surface area contributed by atoms with Gasteiger partial charge in [0.2, 0.25) is 0 Å². The lowest BCUT2D eigenvalue weighted by molar-refractivity contribution is -0.153. The van der Waals surface area contributed by atoms with Gasteiger partial charge in [0.15, 0.2) is 6.10 Å². The maximum absolute atomic E-state index is 11.4. The van der Waals surface area contributed by atoms with Gasteiger partial charge in [0.25, 0.3) is 0 Å². The Morgan fingerprint density at radius 3 is 2.46 bits per heavy atom. The minimum atomic E-state index is -1.35. The number of hydrogen-bond acceptors (Lipinski definition) is 3. The zero-order chi connectivity index (χ0) is 19.5. The molecule has 26 heavy (non-hydrogen) atoms. The number of benzene rings is 2. The van der Waals surface area contributed by atoms with Crippen molar-refractivity contribution in [3.63, 3.8) is 0 Å². The van der Waals surface area contributed by atoms with Crippen molar-refractivity contribution in [2.24, 2.45) is 0 Å². The van der Waals surface area contributed by atoms with Crippen LogP contribution in [0.1, 0.15) is 37.5 Å². The lowest BCUT2D eigenvalue weighted by atomic mass is 9.87. The Hall–Kier alpha value is -1.59. The first-order valence-corrected chi connectivity index (χ1v) is 9.02. The van der Waals surface area contributed by atoms with Crippen LogP contribution >= 0.6 is 23.2 Å². The van der Waals surface area contributed by atoms with Crippen molar-refractivity contribution in [3.05, 3.63) is 69.2 Å². The quantitative estimate of drug-likeness (QED) is 0.713. The van der Waals surface area contributed by atoms with Crippen LogP contribution in [-0.2, 0) is 21.6 Å². The Morgan fingerprint density at radius 2 is 1.88 bits per heavy atom. The summed E-state index contributed by atoms with van der Waals surface area (Å²) in [6.07, 6.45) is -0.948. The zero-order valence-corrected chi connectivity index (χ0v) is 16.4. The van der Waals surface area contributed by atoms with Crippen LogP contribution in [0.4, 0.5) is 0 Å². The molecule has 0 aliphatic rings. The van der Waals surface area contributed by atoms with Crippen molar-refractivity contribution >= 4 is 29.2 Å². The molecule has 2 N–H and O–H groups in total. The third-order valence-corrected chi connectivity index (χ3v) is 4.63. The highest BCUT2D eigenvalue weighted by Gasteiger charge is 2.29. The summed E-state index contributed by atoms with van der Waals surface area (Å²) in [6, 6.07) is 12.0. The number of hydrogen-bond donors (Lipinski definition) is 2. The van der Waals surface area contributed by atoms with Gasteiger partial charge in [-0.1, -0.05) is 53.5 Å². The van der Waals surface area contributed by atoms with Crippen LogP contribution in [0.2, 0.25) is 10.0 Å². The van der Waals surface area contributed by atoms with Crippen LogP contribution in [0, 0.1) is 0 Å². The van der Waals surface area contributed by atoms with E-state index in [9.17, 15) is 15.0 Å². The van der Waals surface area contributed by atoms with Crippen LogP contribution in [-0.4, -0.2) is 28.4 Å². The molecule has 0 aromatic heterocycles. The smallest absolute Gasteiger partial charge is 0.333 e. The molecule has 0 amide bonds. The van der Waals surface area contributed by atoms with Gasteiger partial charge in [0.1, 0.15) is 5.60 Å². The SMILES string of the molecule is CC(C)OC(Cc1cccc(C(C)(O)c2ccc(Cl)cc2Cl)c1)C(=O)O. The van der Waals surface area contributed by atoms with E-state index < -0.39 is 17.7 Å². The third-order valence-electron chi connectivity index (χ3n) is 4.08. The van der Waals surface area contributed by atoms with Crippen molar-refractivity contribution in [3.8, 4) is 0 Å². The van der Waals surface area contributed by atoms with Gasteiger partial charge in [-0.25, -0.2) is 4.79 Å². The molecular formula is C20H22Cl2O4. The fourth-order valence-corrected chi connectivity index (χ4v) is 3.37. The molecule has 2 unspecified atom stereocenters. The van der Waals surface area contributed by atoms with Gasteiger partial charge in [-0.15, -0.1) is 0 Å². The first-order valence-electron chi connectivity index (χ1n) is 8.27. The normalized spacial score (nSPS) is 14.9. The highest BCUT2D eigenvalue weighted by Crippen LogP contribution is 2.35. The van der Waals surface area contributed by atoms with E-state index in [2.05, 4.69) is 0 Å². The summed E-state index contributed by atoms with van der Waals surface area (Å²) in [4.78, 5) is 11.4. The maximum Gasteiger partial charge on any atom is 0.333 e. The van der Waals surface area contributed by atoms with Crippen LogP contribution < -0.4 is 0 Å². The molecule has 2 atom stereocenters. The lowest BCUT2D eigenvalue weighted by Crippen LogP contribution is -2.29. The minimum absolute atomic E-state index is 0.199. The number of carbonyl (C=O) groups is 1. The minimum Gasteiger partial charge on any atom is -0.479 e. The Bertz CT molecular complexity index is 787. The standard InChI is InChI=1S/C20H22Cl2O4/c1-12(2)26-18(19(23)24)10-13-5-4-6-14(9-13)20(3,25)16-8-7-15(21)11-17(16)22/h4-9,11-12,18,25H,10H2,1-3H3,(H,23,24). The van der Waals surface area contributed by atoms with E-state index in [1.165, 1.54) is 0 Å². The number of aliphatic carboxylic acids is 1. The number of carboxylic acids is 1. The number of ether oxygens (including phenoxy) is 1. The summed E-state index contributed by atoms with van der Waals surface area (Å²) in [5, 5.41) is 21.3. The molecular weight excluding hydrogens is 375 g/mol. The highest BCUT2D eigenvalue weighted by atomic mass is 35.5. The summed E-state index contributed by atoms with van der Waals surface area (Å²) >= 11 is 12.2. The molecule has 140 valence electrons. The van der Waals surface area contributed by atoms with E-state index in [1.807, 2.05) is 6.07 Å². The average molecular weight is 397 g/mol. The predicted octanol–water partition coefficient (Wildman–Crippen LogP) is 4.67. The molecule has 0 saturated heterocycles. The molecule has 6 heteroatoms. The van der Waals surface area contributed by atoms with Gasteiger partial charge in [0.05, 0.1) is 6.10 Å². The summed E-state index contributed by atoms with van der Waals surface area (Å²) in [5.41, 5.74) is 0.526. The molecule has 0 aliphatic heterocycles. The second kappa shape index (κ2) is 8.40. The van der Waals surface area contributed by atoms with Gasteiger partial charge in [-0.05, 0) is 44.0 Å². The topological polar surface area (TPSA) is 66.8 Å². The number of rotatable bonds is 7. The van der Waals surface area contributed by atoms with Crippen molar-refractivity contribution in [2.75, 3.05) is 0 Å². The summed E-state index contributed by atoms with van der Waals surface area (Å²) in [6.45, 7) is 5.22. The van der Waals surface area contributed by atoms with Gasteiger partial charge in [-0.3, -0.25) is 0 Å². The predicted molar refractivity (Wildman–Crippen MR) is 103 cm³/mol. The molecule has 2 rings (SSSR count). The maximum atomic E-state index is 11.4. The van der Waals surface area contributed by atoms with Crippen molar-refractivity contribution < 1.29 is 19.7 Å². The summed E-state index contributed by atoms with van der Waals surface area (Å²) in [7, 11) is 0. The Morgan fingerprint density at radius 1 is 1.19 bits per heavy atom. The third kappa shape index (κ3) is 4.98. The largest absolute Gasteiger partial charge is 0.479 e. The van der Waals surface area contributed by atoms with Crippen molar-refractivity contribution in [2.45, 2.75) is 45.0 Å². The Labute approximate surface area is 163 Å². The molecule has 0 aliphatic carbocycles. The molecule has 2 aromatic carbocycles. The fraction of sp³-hybridized carbons (Fsp3) is 0.350. The summed E-state index contributed by atoms with van der Waals surface area (Å²) in [5.74, 6) is -1.02. The van der Waals surface area contributed by atoms with Crippen LogP contribution in [0.3, 0.4) is 0 Å². The zero-order valence-electron chi connectivity index (χ0n) is 14.9.